The first-order chi connectivity index (χ1) is 21.3. The topological polar surface area (TPSA) is 80.2 Å². The molecule has 8 rings (SSSR count). The zero-order valence-electron chi connectivity index (χ0n) is 23.0. The van der Waals surface area contributed by atoms with Crippen molar-refractivity contribution in [2.75, 3.05) is 0 Å². The molecule has 4 aromatic carbocycles. The van der Waals surface area contributed by atoms with Gasteiger partial charge in [-0.1, -0.05) is 72.8 Å². The summed E-state index contributed by atoms with van der Waals surface area (Å²) in [4.78, 5) is 27.1. The van der Waals surface area contributed by atoms with Gasteiger partial charge in [0.05, 0.1) is 5.69 Å². The summed E-state index contributed by atoms with van der Waals surface area (Å²) in [5.74, 6) is 1.93. The lowest BCUT2D eigenvalue weighted by Gasteiger charge is -2.08. The maximum absolute atomic E-state index is 4.92. The van der Waals surface area contributed by atoms with Gasteiger partial charge in [-0.25, -0.2) is 15.0 Å². The highest BCUT2D eigenvalue weighted by atomic mass is 15.0. The molecule has 4 aromatic heterocycles. The van der Waals surface area contributed by atoms with Crippen LogP contribution >= 0.6 is 0 Å². The van der Waals surface area contributed by atoms with Crippen LogP contribution in [-0.2, 0) is 0 Å². The summed E-state index contributed by atoms with van der Waals surface area (Å²) in [5.41, 5.74) is 9.09. The van der Waals surface area contributed by atoms with Crippen molar-refractivity contribution in [2.45, 2.75) is 0 Å². The van der Waals surface area contributed by atoms with Crippen molar-refractivity contribution in [2.24, 2.45) is 0 Å². The zero-order chi connectivity index (χ0) is 28.6. The minimum atomic E-state index is 0.635. The van der Waals surface area contributed by atoms with E-state index in [2.05, 4.69) is 58.5 Å². The fourth-order valence-electron chi connectivity index (χ4n) is 5.41. The van der Waals surface area contributed by atoms with Gasteiger partial charge in [0.25, 0.3) is 0 Å². The Labute approximate surface area is 247 Å². The summed E-state index contributed by atoms with van der Waals surface area (Å²) in [5, 5.41) is 2.24. The predicted molar refractivity (Wildman–Crippen MR) is 172 cm³/mol. The van der Waals surface area contributed by atoms with Crippen LogP contribution in [0, 0.1) is 0 Å². The molecule has 0 aliphatic carbocycles. The predicted octanol–water partition coefficient (Wildman–Crippen LogP) is 8.63. The summed E-state index contributed by atoms with van der Waals surface area (Å²) >= 11 is 0. The van der Waals surface area contributed by atoms with E-state index in [1.807, 2.05) is 79.0 Å². The molecule has 4 heterocycles. The van der Waals surface area contributed by atoms with E-state index in [0.29, 0.717) is 17.5 Å². The maximum Gasteiger partial charge on any atom is 0.164 e. The highest BCUT2D eigenvalue weighted by molar-refractivity contribution is 6.09. The monoisotopic (exact) mass is 552 g/mol. The van der Waals surface area contributed by atoms with Gasteiger partial charge in [0, 0.05) is 68.2 Å². The van der Waals surface area contributed by atoms with Crippen LogP contribution in [-0.4, -0.2) is 29.9 Å². The summed E-state index contributed by atoms with van der Waals surface area (Å²) in [6.07, 6.45) is 5.50. The number of rotatable bonds is 5. The van der Waals surface area contributed by atoms with Gasteiger partial charge in [0.1, 0.15) is 0 Å². The van der Waals surface area contributed by atoms with E-state index in [9.17, 15) is 0 Å². The van der Waals surface area contributed by atoms with Crippen LogP contribution in [0.2, 0.25) is 0 Å². The summed E-state index contributed by atoms with van der Waals surface area (Å²) in [7, 11) is 0. The van der Waals surface area contributed by atoms with Crippen LogP contribution in [0.4, 0.5) is 0 Å². The molecule has 0 radical (unpaired) electrons. The lowest BCUT2D eigenvalue weighted by molar-refractivity contribution is 1.07. The van der Waals surface area contributed by atoms with Crippen LogP contribution < -0.4 is 0 Å². The molecule has 8 aromatic rings. The quantitative estimate of drug-likeness (QED) is 0.231. The number of fused-ring (bicyclic) bond motifs is 3. The average molecular weight is 553 g/mol. The Balaban J connectivity index is 1.23. The molecule has 202 valence electrons. The summed E-state index contributed by atoms with van der Waals surface area (Å²) in [6, 6.07) is 41.0. The molecule has 0 aliphatic heterocycles. The lowest BCUT2D eigenvalue weighted by Crippen LogP contribution is -2.00. The summed E-state index contributed by atoms with van der Waals surface area (Å²) < 4.78 is 0. The molecule has 6 nitrogen and oxygen atoms in total. The van der Waals surface area contributed by atoms with E-state index in [1.165, 1.54) is 0 Å². The number of nitrogens with one attached hydrogen (secondary N) is 1. The highest BCUT2D eigenvalue weighted by Gasteiger charge is 2.14. The Morgan fingerprint density at radius 1 is 0.419 bits per heavy atom. The van der Waals surface area contributed by atoms with Crippen LogP contribution in [0.1, 0.15) is 0 Å². The lowest BCUT2D eigenvalue weighted by atomic mass is 10.0. The molecule has 6 heteroatoms. The van der Waals surface area contributed by atoms with Gasteiger partial charge in [-0.2, -0.15) is 0 Å². The van der Waals surface area contributed by atoms with Crippen molar-refractivity contribution >= 4 is 21.8 Å². The van der Waals surface area contributed by atoms with Gasteiger partial charge in [-0.15, -0.1) is 0 Å². The molecule has 43 heavy (non-hydrogen) atoms. The van der Waals surface area contributed by atoms with Crippen molar-refractivity contribution in [3.63, 3.8) is 0 Å². The second-order valence-corrected chi connectivity index (χ2v) is 10.4. The normalized spacial score (nSPS) is 11.3. The van der Waals surface area contributed by atoms with Gasteiger partial charge in [0.15, 0.2) is 17.5 Å². The number of H-pyrrole nitrogens is 1. The van der Waals surface area contributed by atoms with E-state index >= 15 is 0 Å². The smallest absolute Gasteiger partial charge is 0.164 e. The third-order valence-electron chi connectivity index (χ3n) is 7.63. The van der Waals surface area contributed by atoms with Crippen molar-refractivity contribution < 1.29 is 0 Å². The number of hydrogen-bond acceptors (Lipinski definition) is 5. The highest BCUT2D eigenvalue weighted by Crippen LogP contribution is 2.33. The standard InChI is InChI=1S/C37H24N6/c1-3-7-25(8-4-1)35-41-36(26-9-5-2-6-10-26)43-37(42-35)28-12-16-34-31(22-28)30-21-27(11-15-33(30)40-34)29-13-14-32(39-23-29)24-17-19-38-20-18-24/h1-23,40H. The minimum Gasteiger partial charge on any atom is -0.355 e. The number of aromatic nitrogens is 6. The number of benzene rings is 4. The van der Waals surface area contributed by atoms with E-state index in [0.717, 1.165) is 60.9 Å². The van der Waals surface area contributed by atoms with Crippen LogP contribution in [0.3, 0.4) is 0 Å². The van der Waals surface area contributed by atoms with Crippen molar-refractivity contribution in [3.8, 4) is 56.5 Å². The molecule has 0 spiro atoms. The van der Waals surface area contributed by atoms with E-state index in [1.54, 1.807) is 12.4 Å². The van der Waals surface area contributed by atoms with Crippen LogP contribution in [0.15, 0.2) is 140 Å². The van der Waals surface area contributed by atoms with Gasteiger partial charge in [0.2, 0.25) is 0 Å². The van der Waals surface area contributed by atoms with Gasteiger partial charge < -0.3 is 4.98 Å². The van der Waals surface area contributed by atoms with E-state index in [4.69, 9.17) is 19.9 Å². The summed E-state index contributed by atoms with van der Waals surface area (Å²) in [6.45, 7) is 0. The Kier molecular flexibility index (Phi) is 6.01. The Bertz CT molecular complexity index is 2150. The number of aromatic amines is 1. The molecule has 0 saturated carbocycles. The molecule has 0 fully saturated rings. The molecule has 0 amide bonds. The van der Waals surface area contributed by atoms with Gasteiger partial charge in [-0.05, 0) is 54.1 Å². The molecule has 0 unspecified atom stereocenters. The van der Waals surface area contributed by atoms with E-state index < -0.39 is 0 Å². The largest absolute Gasteiger partial charge is 0.355 e. The molecule has 0 bridgehead atoms. The average Bonchev–Trinajstić information content (AvgIpc) is 3.46. The van der Waals surface area contributed by atoms with Crippen molar-refractivity contribution in [1.82, 2.24) is 29.9 Å². The Morgan fingerprint density at radius 3 is 1.53 bits per heavy atom. The van der Waals surface area contributed by atoms with E-state index in [-0.39, 0.29) is 0 Å². The maximum atomic E-state index is 4.92. The first-order valence-electron chi connectivity index (χ1n) is 14.1. The molecule has 0 aliphatic rings. The number of pyridine rings is 2. The molecule has 0 atom stereocenters. The number of hydrogen-bond donors (Lipinski definition) is 1. The fraction of sp³-hybridized carbons (Fsp3) is 0. The molecule has 0 saturated heterocycles. The van der Waals surface area contributed by atoms with Gasteiger partial charge >= 0.3 is 0 Å². The second kappa shape index (κ2) is 10.4. The Hall–Kier alpha value is -6.01. The zero-order valence-corrected chi connectivity index (χ0v) is 23.0. The SMILES string of the molecule is c1ccc(-c2nc(-c3ccccc3)nc(-c3ccc4[nH]c5ccc(-c6ccc(-c7ccncc7)nc6)cc5c4c3)n2)cc1. The van der Waals surface area contributed by atoms with Crippen molar-refractivity contribution in [3.05, 3.63) is 140 Å². The number of nitrogens with zero attached hydrogens (tertiary/aromatic N) is 5. The Morgan fingerprint density at radius 2 is 0.953 bits per heavy atom. The van der Waals surface area contributed by atoms with Crippen LogP contribution in [0.25, 0.3) is 78.4 Å². The van der Waals surface area contributed by atoms with Gasteiger partial charge in [-0.3, -0.25) is 9.97 Å². The molecule has 1 N–H and O–H groups in total. The fourth-order valence-corrected chi connectivity index (χ4v) is 5.41. The minimum absolute atomic E-state index is 0.635. The first-order valence-corrected chi connectivity index (χ1v) is 14.1. The second-order valence-electron chi connectivity index (χ2n) is 10.4. The molecular formula is C37H24N6. The third kappa shape index (κ3) is 4.71. The third-order valence-corrected chi connectivity index (χ3v) is 7.63. The van der Waals surface area contributed by atoms with Crippen LogP contribution in [0.5, 0.6) is 0 Å². The first kappa shape index (κ1) is 24.8. The molecular weight excluding hydrogens is 528 g/mol. The van der Waals surface area contributed by atoms with Crippen molar-refractivity contribution in [1.29, 1.82) is 0 Å².